The summed E-state index contributed by atoms with van der Waals surface area (Å²) < 4.78 is 0. The Bertz CT molecular complexity index is 832. The highest BCUT2D eigenvalue weighted by molar-refractivity contribution is 6.10. The molecule has 92 valence electrons. The molecule has 0 aliphatic rings. The first kappa shape index (κ1) is 13.1. The molecular weight excluding hydrogens is 248 g/mol. The van der Waals surface area contributed by atoms with Gasteiger partial charge in [-0.15, -0.1) is 0 Å². The summed E-state index contributed by atoms with van der Waals surface area (Å²) in [5, 5.41) is 19.4. The van der Waals surface area contributed by atoms with Crippen molar-refractivity contribution in [3.63, 3.8) is 0 Å². The molecule has 0 aliphatic heterocycles. The second-order valence-corrected chi connectivity index (χ2v) is 4.37. The predicted molar refractivity (Wildman–Crippen MR) is 75.4 cm³/mol. The summed E-state index contributed by atoms with van der Waals surface area (Å²) >= 11 is 0. The molecule has 0 N–H and O–H groups in total. The number of hydrogen-bond acceptors (Lipinski definition) is 2. The summed E-state index contributed by atoms with van der Waals surface area (Å²) in [5.74, 6) is 0. The average molecular weight is 256 g/mol. The normalized spacial score (nSPS) is 9.30. The highest BCUT2D eigenvalue weighted by Crippen LogP contribution is 2.41. The molecule has 2 aromatic rings. The van der Waals surface area contributed by atoms with E-state index < -0.39 is 0 Å². The summed E-state index contributed by atoms with van der Waals surface area (Å²) in [5.41, 5.74) is 2.61. The van der Waals surface area contributed by atoms with Crippen LogP contribution in [-0.2, 0) is 0 Å². The smallest absolute Gasteiger partial charge is 0.187 e. The molecule has 0 spiro atoms. The fourth-order valence-corrected chi connectivity index (χ4v) is 2.33. The molecule has 0 saturated heterocycles. The van der Waals surface area contributed by atoms with E-state index >= 15 is 0 Å². The Hall–Kier alpha value is -3.34. The van der Waals surface area contributed by atoms with Gasteiger partial charge >= 0.3 is 0 Å². The van der Waals surface area contributed by atoms with Crippen LogP contribution in [0.15, 0.2) is 12.1 Å². The molecule has 20 heavy (non-hydrogen) atoms. The number of rotatable bonds is 0. The van der Waals surface area contributed by atoms with E-state index in [1.165, 1.54) is 0 Å². The van der Waals surface area contributed by atoms with Crippen molar-refractivity contribution in [1.29, 1.82) is 10.5 Å². The van der Waals surface area contributed by atoms with Crippen molar-refractivity contribution in [2.45, 2.75) is 13.8 Å². The van der Waals surface area contributed by atoms with E-state index in [0.29, 0.717) is 44.4 Å². The van der Waals surface area contributed by atoms with Gasteiger partial charge in [-0.1, -0.05) is 12.1 Å². The van der Waals surface area contributed by atoms with Crippen LogP contribution in [0, 0.1) is 49.7 Å². The topological polar surface area (TPSA) is 56.3 Å². The van der Waals surface area contributed by atoms with Crippen LogP contribution in [0.4, 0.5) is 11.4 Å². The summed E-state index contributed by atoms with van der Waals surface area (Å²) in [6, 6.07) is 7.34. The average Bonchev–Trinajstić information content (AvgIpc) is 2.45. The van der Waals surface area contributed by atoms with Crippen LogP contribution in [0.1, 0.15) is 22.3 Å². The Morgan fingerprint density at radius 3 is 2.15 bits per heavy atom. The Kier molecular flexibility index (Phi) is 3.10. The van der Waals surface area contributed by atoms with E-state index in [2.05, 4.69) is 21.8 Å². The minimum Gasteiger partial charge on any atom is -0.239 e. The van der Waals surface area contributed by atoms with Gasteiger partial charge < -0.3 is 0 Å². The van der Waals surface area contributed by atoms with E-state index in [-0.39, 0.29) is 0 Å². The second-order valence-electron chi connectivity index (χ2n) is 4.37. The first-order chi connectivity index (χ1) is 9.58. The molecule has 0 heterocycles. The number of aryl methyl sites for hydroxylation is 2. The molecule has 4 nitrogen and oxygen atoms in total. The molecule has 2 rings (SSSR count). The van der Waals surface area contributed by atoms with Gasteiger partial charge in [-0.05, 0) is 35.7 Å². The number of benzene rings is 2. The zero-order valence-corrected chi connectivity index (χ0v) is 10.9. The van der Waals surface area contributed by atoms with Crippen molar-refractivity contribution in [1.82, 2.24) is 0 Å². The fourth-order valence-electron chi connectivity index (χ4n) is 2.33. The van der Waals surface area contributed by atoms with E-state index in [4.69, 9.17) is 13.1 Å². The van der Waals surface area contributed by atoms with Crippen molar-refractivity contribution >= 4 is 22.1 Å². The molecule has 0 radical (unpaired) electrons. The molecule has 0 saturated carbocycles. The summed E-state index contributed by atoms with van der Waals surface area (Å²) in [6.07, 6.45) is 0. The first-order valence-corrected chi connectivity index (χ1v) is 5.75. The van der Waals surface area contributed by atoms with Crippen molar-refractivity contribution in [2.75, 3.05) is 0 Å². The number of nitriles is 2. The van der Waals surface area contributed by atoms with Gasteiger partial charge in [0.05, 0.1) is 36.4 Å². The van der Waals surface area contributed by atoms with E-state index in [1.54, 1.807) is 26.0 Å². The quantitative estimate of drug-likeness (QED) is 0.660. The highest BCUT2D eigenvalue weighted by atomic mass is 14.7. The van der Waals surface area contributed by atoms with Gasteiger partial charge in [0.15, 0.2) is 11.4 Å². The number of fused-ring (bicyclic) bond motifs is 1. The minimum atomic E-state index is 0.308. The van der Waals surface area contributed by atoms with Crippen molar-refractivity contribution in [3.8, 4) is 12.1 Å². The van der Waals surface area contributed by atoms with Crippen LogP contribution in [0.5, 0.6) is 0 Å². The Morgan fingerprint density at radius 1 is 0.950 bits per heavy atom. The third-order valence-electron chi connectivity index (χ3n) is 3.21. The highest BCUT2D eigenvalue weighted by Gasteiger charge is 2.18. The van der Waals surface area contributed by atoms with Gasteiger partial charge in [-0.2, -0.15) is 10.5 Å². The maximum atomic E-state index is 9.32. The third kappa shape index (κ3) is 1.65. The molecule has 2 aromatic carbocycles. The monoisotopic (exact) mass is 256 g/mol. The maximum Gasteiger partial charge on any atom is 0.187 e. The Balaban J connectivity index is 3.30. The zero-order valence-electron chi connectivity index (χ0n) is 10.9. The lowest BCUT2D eigenvalue weighted by molar-refractivity contribution is 1.41. The van der Waals surface area contributed by atoms with Crippen molar-refractivity contribution < 1.29 is 0 Å². The lowest BCUT2D eigenvalue weighted by atomic mass is 9.92. The zero-order chi connectivity index (χ0) is 14.9. The summed E-state index contributed by atoms with van der Waals surface area (Å²) in [4.78, 5) is 6.92. The lowest BCUT2D eigenvalue weighted by Crippen LogP contribution is -1.92. The molecule has 0 unspecified atom stereocenters. The van der Waals surface area contributed by atoms with Gasteiger partial charge in [-0.3, -0.25) is 0 Å². The van der Waals surface area contributed by atoms with Crippen molar-refractivity contribution in [2.24, 2.45) is 0 Å². The Morgan fingerprint density at radius 2 is 1.65 bits per heavy atom. The van der Waals surface area contributed by atoms with Gasteiger partial charge in [0.2, 0.25) is 0 Å². The number of hydrogen-bond donors (Lipinski definition) is 0. The standard InChI is InChI=1S/C16H8N4/c1-9-6-13(19-3)15-14(12(9)8-18)11(7-17)5-10(2)16(15)20-4/h5-6H,1-2H3. The van der Waals surface area contributed by atoms with E-state index in [9.17, 15) is 10.5 Å². The van der Waals surface area contributed by atoms with E-state index in [1.807, 2.05) is 0 Å². The van der Waals surface area contributed by atoms with Crippen LogP contribution in [0.2, 0.25) is 0 Å². The van der Waals surface area contributed by atoms with Crippen LogP contribution in [0.25, 0.3) is 20.5 Å². The molecule has 0 aromatic heterocycles. The molecule has 4 heteroatoms. The summed E-state index contributed by atoms with van der Waals surface area (Å²) in [7, 11) is 0. The van der Waals surface area contributed by atoms with Gasteiger partial charge in [-0.25, -0.2) is 9.69 Å². The van der Waals surface area contributed by atoms with Crippen LogP contribution < -0.4 is 0 Å². The van der Waals surface area contributed by atoms with Crippen LogP contribution in [-0.4, -0.2) is 0 Å². The predicted octanol–water partition coefficient (Wildman–Crippen LogP) is 4.30. The molecule has 0 aliphatic carbocycles. The van der Waals surface area contributed by atoms with E-state index in [0.717, 1.165) is 0 Å². The first-order valence-electron chi connectivity index (χ1n) is 5.75. The van der Waals surface area contributed by atoms with Gasteiger partial charge in [0, 0.05) is 0 Å². The molecule has 0 bridgehead atoms. The lowest BCUT2D eigenvalue weighted by Gasteiger charge is -2.12. The molecular formula is C16H8N4. The van der Waals surface area contributed by atoms with Gasteiger partial charge in [0.1, 0.15) is 0 Å². The minimum absolute atomic E-state index is 0.308. The maximum absolute atomic E-state index is 9.32. The molecule has 0 atom stereocenters. The molecule has 0 amide bonds. The van der Waals surface area contributed by atoms with Crippen molar-refractivity contribution in [3.05, 3.63) is 57.2 Å². The van der Waals surface area contributed by atoms with Gasteiger partial charge in [0.25, 0.3) is 0 Å². The fraction of sp³-hybridized carbons (Fsp3) is 0.125. The Labute approximate surface area is 116 Å². The second kappa shape index (κ2) is 4.74. The summed E-state index contributed by atoms with van der Waals surface area (Å²) in [6.45, 7) is 18.0. The number of nitrogens with zero attached hydrogens (tertiary/aromatic N) is 4. The van der Waals surface area contributed by atoms with Crippen LogP contribution in [0.3, 0.4) is 0 Å². The third-order valence-corrected chi connectivity index (χ3v) is 3.21. The SMILES string of the molecule is [C-]#[N+]c1cc(C)c(C#N)c2c(C#N)cc(C)c([N+]#[C-])c12. The largest absolute Gasteiger partial charge is 0.239 e. The van der Waals surface area contributed by atoms with Crippen LogP contribution >= 0.6 is 0 Å². The molecule has 0 fully saturated rings.